The van der Waals surface area contributed by atoms with Gasteiger partial charge < -0.3 is 0 Å². The van der Waals surface area contributed by atoms with Crippen molar-refractivity contribution in [2.24, 2.45) is 0 Å². The van der Waals surface area contributed by atoms with Crippen LogP contribution in [0.15, 0.2) is 30.3 Å². The summed E-state index contributed by atoms with van der Waals surface area (Å²) in [6.07, 6.45) is 0. The molecule has 14 heavy (non-hydrogen) atoms. The summed E-state index contributed by atoms with van der Waals surface area (Å²) in [5, 5.41) is 18.5. The van der Waals surface area contributed by atoms with Crippen LogP contribution in [-0.4, -0.2) is 16.5 Å². The fraction of sp³-hybridized carbons (Fsp3) is 0.222. The lowest BCUT2D eigenvalue weighted by Crippen LogP contribution is -2.26. The van der Waals surface area contributed by atoms with Crippen molar-refractivity contribution in [3.8, 4) is 6.07 Å². The summed E-state index contributed by atoms with van der Waals surface area (Å²) in [5.41, 5.74) is 3.48. The number of nitrogens with zero attached hydrogens (tertiary/aromatic N) is 2. The van der Waals surface area contributed by atoms with Crippen molar-refractivity contribution in [3.63, 3.8) is 0 Å². The van der Waals surface area contributed by atoms with Gasteiger partial charge >= 0.3 is 0 Å². The first-order valence-corrected chi connectivity index (χ1v) is 4.18. The molecule has 2 atom stereocenters. The third kappa shape index (κ3) is 1.47. The van der Waals surface area contributed by atoms with Crippen LogP contribution in [0, 0.1) is 11.3 Å². The van der Waals surface area contributed by atoms with Gasteiger partial charge in [0.05, 0.1) is 12.1 Å². The number of hydroxylamine groups is 3. The number of nitrogens with one attached hydrogen (secondary N) is 1. The monoisotopic (exact) mass is 191 g/mol. The van der Waals surface area contributed by atoms with E-state index in [1.165, 1.54) is 0 Å². The van der Waals surface area contributed by atoms with Gasteiger partial charge in [0.2, 0.25) is 0 Å². The second kappa shape index (κ2) is 3.74. The van der Waals surface area contributed by atoms with Crippen molar-refractivity contribution >= 4 is 0 Å². The van der Waals surface area contributed by atoms with Crippen LogP contribution >= 0.6 is 0 Å². The smallest absolute Gasteiger partial charge is 0.172 e. The summed E-state index contributed by atoms with van der Waals surface area (Å²) in [6.45, 7) is 0. The number of hydrogen-bond donors (Lipinski definition) is 2. The summed E-state index contributed by atoms with van der Waals surface area (Å²) in [4.78, 5) is 4.64. The van der Waals surface area contributed by atoms with Gasteiger partial charge in [-0.3, -0.25) is 5.21 Å². The number of hydrogen-bond acceptors (Lipinski definition) is 5. The molecule has 1 aliphatic heterocycles. The van der Waals surface area contributed by atoms with Crippen LogP contribution in [0.5, 0.6) is 0 Å². The van der Waals surface area contributed by atoms with E-state index in [9.17, 15) is 0 Å². The van der Waals surface area contributed by atoms with Crippen molar-refractivity contribution in [1.82, 2.24) is 10.7 Å². The van der Waals surface area contributed by atoms with Crippen LogP contribution in [0.3, 0.4) is 0 Å². The van der Waals surface area contributed by atoms with Gasteiger partial charge in [-0.15, -0.1) is 0 Å². The van der Waals surface area contributed by atoms with Gasteiger partial charge in [0, 0.05) is 0 Å². The predicted octanol–water partition coefficient (Wildman–Crippen LogP) is 0.761. The summed E-state index contributed by atoms with van der Waals surface area (Å²) < 4.78 is 0. The predicted molar refractivity (Wildman–Crippen MR) is 46.4 cm³/mol. The highest BCUT2D eigenvalue weighted by atomic mass is 17.0. The van der Waals surface area contributed by atoms with Gasteiger partial charge in [-0.2, -0.15) is 15.7 Å². The fourth-order valence-corrected chi connectivity index (χ4v) is 1.39. The van der Waals surface area contributed by atoms with Crippen LogP contribution in [0.25, 0.3) is 0 Å². The molecule has 1 aliphatic rings. The lowest BCUT2D eigenvalue weighted by molar-refractivity contribution is -0.342. The Hall–Kier alpha value is -1.45. The minimum Gasteiger partial charge on any atom is -0.287 e. The molecule has 5 nitrogen and oxygen atoms in total. The zero-order valence-corrected chi connectivity index (χ0v) is 7.29. The Kier molecular flexibility index (Phi) is 2.43. The topological polar surface area (TPSA) is 68.5 Å². The van der Waals surface area contributed by atoms with E-state index in [0.717, 1.165) is 5.56 Å². The van der Waals surface area contributed by atoms with Crippen LogP contribution in [0.4, 0.5) is 0 Å². The summed E-state index contributed by atoms with van der Waals surface area (Å²) >= 11 is 0. The van der Waals surface area contributed by atoms with Crippen LogP contribution in [0.1, 0.15) is 11.6 Å². The molecule has 2 N–H and O–H groups in total. The lowest BCUT2D eigenvalue weighted by atomic mass is 10.0. The first-order valence-electron chi connectivity index (χ1n) is 4.18. The minimum absolute atomic E-state index is 0.328. The van der Waals surface area contributed by atoms with E-state index < -0.39 is 6.04 Å². The van der Waals surface area contributed by atoms with Gasteiger partial charge in [-0.05, 0) is 10.8 Å². The summed E-state index contributed by atoms with van der Waals surface area (Å²) in [7, 11) is 0. The Bertz CT molecular complexity index is 349. The molecule has 0 spiro atoms. The largest absolute Gasteiger partial charge is 0.287 e. The highest BCUT2D eigenvalue weighted by Crippen LogP contribution is 2.24. The summed E-state index contributed by atoms with van der Waals surface area (Å²) in [5.74, 6) is 0. The second-order valence-corrected chi connectivity index (χ2v) is 2.97. The highest BCUT2D eigenvalue weighted by Gasteiger charge is 2.36. The van der Waals surface area contributed by atoms with Gasteiger partial charge in [0.1, 0.15) is 0 Å². The fourth-order valence-electron chi connectivity index (χ4n) is 1.39. The molecule has 0 amide bonds. The number of nitriles is 1. The molecule has 1 heterocycles. The second-order valence-electron chi connectivity index (χ2n) is 2.97. The molecule has 0 radical (unpaired) electrons. The standard InChI is InChI=1S/C9H9N3O2/c10-6-8-9(11-14-12(8)13)7-4-2-1-3-5-7/h1-5,8-9,11,13H. The lowest BCUT2D eigenvalue weighted by Gasteiger charge is -2.11. The van der Waals surface area contributed by atoms with E-state index in [2.05, 4.69) is 10.4 Å². The molecular formula is C9H9N3O2. The Balaban J connectivity index is 2.25. The van der Waals surface area contributed by atoms with Crippen molar-refractivity contribution in [3.05, 3.63) is 35.9 Å². The van der Waals surface area contributed by atoms with E-state index in [-0.39, 0.29) is 6.04 Å². The van der Waals surface area contributed by atoms with E-state index >= 15 is 0 Å². The maximum atomic E-state index is 9.15. The van der Waals surface area contributed by atoms with Gasteiger partial charge in [0.15, 0.2) is 6.04 Å². The normalized spacial score (nSPS) is 27.4. The van der Waals surface area contributed by atoms with E-state index in [1.54, 1.807) is 0 Å². The Morgan fingerprint density at radius 1 is 1.43 bits per heavy atom. The molecule has 0 aliphatic carbocycles. The van der Waals surface area contributed by atoms with Crippen LogP contribution in [-0.2, 0) is 4.94 Å². The molecule has 1 saturated heterocycles. The summed E-state index contributed by atoms with van der Waals surface area (Å²) in [6, 6.07) is 10.2. The average Bonchev–Trinajstić information content (AvgIpc) is 2.61. The average molecular weight is 191 g/mol. The quantitative estimate of drug-likeness (QED) is 0.685. The molecule has 72 valence electrons. The molecule has 0 bridgehead atoms. The Morgan fingerprint density at radius 2 is 2.14 bits per heavy atom. The molecule has 0 saturated carbocycles. The Morgan fingerprint density at radius 3 is 2.79 bits per heavy atom. The number of rotatable bonds is 1. The van der Waals surface area contributed by atoms with Crippen molar-refractivity contribution in [2.75, 3.05) is 0 Å². The molecule has 2 unspecified atom stereocenters. The SMILES string of the molecule is N#CC1C(c2ccccc2)NON1O. The maximum absolute atomic E-state index is 9.15. The third-order valence-electron chi connectivity index (χ3n) is 2.12. The van der Waals surface area contributed by atoms with Crippen molar-refractivity contribution < 1.29 is 10.1 Å². The van der Waals surface area contributed by atoms with E-state index in [1.807, 2.05) is 36.4 Å². The van der Waals surface area contributed by atoms with E-state index in [0.29, 0.717) is 5.23 Å². The maximum Gasteiger partial charge on any atom is 0.172 e. The highest BCUT2D eigenvalue weighted by molar-refractivity contribution is 5.22. The van der Waals surface area contributed by atoms with Crippen LogP contribution in [0.2, 0.25) is 0 Å². The molecule has 5 heteroatoms. The van der Waals surface area contributed by atoms with Gasteiger partial charge in [-0.1, -0.05) is 30.3 Å². The molecule has 1 aromatic rings. The first-order chi connectivity index (χ1) is 6.83. The van der Waals surface area contributed by atoms with E-state index in [4.69, 9.17) is 10.5 Å². The third-order valence-corrected chi connectivity index (χ3v) is 2.12. The first kappa shape index (κ1) is 9.12. The molecule has 1 fully saturated rings. The van der Waals surface area contributed by atoms with Gasteiger partial charge in [0.25, 0.3) is 0 Å². The molecule has 1 aromatic carbocycles. The molecule has 2 rings (SSSR count). The zero-order chi connectivity index (χ0) is 9.97. The molecular weight excluding hydrogens is 182 g/mol. The van der Waals surface area contributed by atoms with Gasteiger partial charge in [-0.25, -0.2) is 0 Å². The molecule has 0 aromatic heterocycles. The zero-order valence-electron chi connectivity index (χ0n) is 7.29. The van der Waals surface area contributed by atoms with Crippen LogP contribution < -0.4 is 5.48 Å². The van der Waals surface area contributed by atoms with Crippen molar-refractivity contribution in [1.29, 1.82) is 5.26 Å². The Labute approximate surface area is 81.0 Å². The van der Waals surface area contributed by atoms with Crippen molar-refractivity contribution in [2.45, 2.75) is 12.1 Å². The number of benzene rings is 1. The minimum atomic E-state index is -0.725.